The quantitative estimate of drug-likeness (QED) is 0.379. The Bertz CT molecular complexity index is 1070. The first-order chi connectivity index (χ1) is 14.7. The summed E-state index contributed by atoms with van der Waals surface area (Å²) in [6.45, 7) is 6.25. The number of pyridine rings is 1. The zero-order valence-corrected chi connectivity index (χ0v) is 19.7. The Morgan fingerprint density at radius 3 is 2.45 bits per heavy atom. The van der Waals surface area contributed by atoms with Gasteiger partial charge >= 0.3 is 5.97 Å². The number of Topliss-reactive ketones (excluding diaryl/α,β-unsaturated/α-hetero) is 1. The van der Waals surface area contributed by atoms with E-state index in [1.165, 1.54) is 35.4 Å². The maximum absolute atomic E-state index is 12.9. The Morgan fingerprint density at radius 2 is 1.87 bits per heavy atom. The third-order valence-electron chi connectivity index (χ3n) is 5.40. The largest absolute Gasteiger partial charge is 0.465 e. The van der Waals surface area contributed by atoms with Crippen molar-refractivity contribution in [1.29, 1.82) is 0 Å². The van der Waals surface area contributed by atoms with Gasteiger partial charge in [-0.15, -0.1) is 0 Å². The number of carbonyl (C=O) groups is 2. The van der Waals surface area contributed by atoms with Crippen LogP contribution in [0.5, 0.6) is 0 Å². The number of ketones is 1. The average molecular weight is 466 g/mol. The lowest BCUT2D eigenvalue weighted by molar-refractivity contribution is 0.0599. The fraction of sp³-hybridized carbons (Fsp3) is 0.476. The lowest BCUT2D eigenvalue weighted by atomic mass is 10.1. The molecule has 0 saturated carbocycles. The molecule has 2 aromatic heterocycles. The molecule has 3 rings (SSSR count). The zero-order valence-electron chi connectivity index (χ0n) is 18.1. The number of aromatic nitrogens is 2. The second-order valence-electron chi connectivity index (χ2n) is 7.54. The number of aromatic amines is 1. The summed E-state index contributed by atoms with van der Waals surface area (Å²) in [7, 11) is -2.24. The summed E-state index contributed by atoms with van der Waals surface area (Å²) >= 11 is 1.23. The molecule has 0 aliphatic carbocycles. The van der Waals surface area contributed by atoms with Gasteiger partial charge in [0.1, 0.15) is 4.90 Å². The molecule has 0 aromatic carbocycles. The monoisotopic (exact) mass is 465 g/mol. The molecule has 0 radical (unpaired) electrons. The lowest BCUT2D eigenvalue weighted by Crippen LogP contribution is -2.35. The van der Waals surface area contributed by atoms with Gasteiger partial charge in [0.2, 0.25) is 10.0 Å². The Morgan fingerprint density at radius 1 is 1.19 bits per heavy atom. The number of H-pyrrole nitrogens is 1. The standard InChI is InChI=1S/C21H27N3O5S2/c1-13-18(21(26)29-4)14(2)23-19(13)20(25)15(3)30-17-9-8-16(12-22-17)31(27,28)24-10-6-5-7-11-24/h8-9,12,15,23H,5-7,10-11H2,1-4H3. The van der Waals surface area contributed by atoms with E-state index in [-0.39, 0.29) is 10.7 Å². The van der Waals surface area contributed by atoms with Crippen LogP contribution in [0.3, 0.4) is 0 Å². The summed E-state index contributed by atoms with van der Waals surface area (Å²) in [6, 6.07) is 3.16. The Kier molecular flexibility index (Phi) is 7.23. The molecule has 168 valence electrons. The van der Waals surface area contributed by atoms with E-state index in [0.717, 1.165) is 19.3 Å². The van der Waals surface area contributed by atoms with E-state index < -0.39 is 21.2 Å². The first-order valence-electron chi connectivity index (χ1n) is 10.1. The number of methoxy groups -OCH3 is 1. The van der Waals surface area contributed by atoms with Gasteiger partial charge in [-0.05, 0) is 51.3 Å². The van der Waals surface area contributed by atoms with Gasteiger partial charge in [0.05, 0.1) is 28.6 Å². The molecule has 0 amide bonds. The third-order valence-corrected chi connectivity index (χ3v) is 8.33. The third kappa shape index (κ3) is 4.86. The van der Waals surface area contributed by atoms with Crippen molar-refractivity contribution in [2.75, 3.05) is 20.2 Å². The van der Waals surface area contributed by atoms with Crippen molar-refractivity contribution in [3.05, 3.63) is 40.8 Å². The Balaban J connectivity index is 1.73. The smallest absolute Gasteiger partial charge is 0.339 e. The number of hydrogen-bond donors (Lipinski definition) is 1. The van der Waals surface area contributed by atoms with Gasteiger partial charge in [0.15, 0.2) is 5.78 Å². The Labute approximate surface area is 186 Å². The highest BCUT2D eigenvalue weighted by atomic mass is 32.2. The van der Waals surface area contributed by atoms with Crippen LogP contribution in [0.15, 0.2) is 28.3 Å². The van der Waals surface area contributed by atoms with E-state index in [1.54, 1.807) is 26.8 Å². The summed E-state index contributed by atoms with van der Waals surface area (Å²) < 4.78 is 31.8. The first kappa shape index (κ1) is 23.5. The number of ether oxygens (including phenoxy) is 1. The highest BCUT2D eigenvalue weighted by Crippen LogP contribution is 2.28. The fourth-order valence-corrected chi connectivity index (χ4v) is 6.00. The summed E-state index contributed by atoms with van der Waals surface area (Å²) in [4.78, 5) is 32.3. The molecular weight excluding hydrogens is 438 g/mol. The first-order valence-corrected chi connectivity index (χ1v) is 12.4. The van der Waals surface area contributed by atoms with Gasteiger partial charge in [-0.1, -0.05) is 18.2 Å². The number of carbonyl (C=O) groups excluding carboxylic acids is 2. The highest BCUT2D eigenvalue weighted by molar-refractivity contribution is 8.00. The van der Waals surface area contributed by atoms with Gasteiger partial charge in [0.25, 0.3) is 0 Å². The van der Waals surface area contributed by atoms with E-state index in [9.17, 15) is 18.0 Å². The number of nitrogens with zero attached hydrogens (tertiary/aromatic N) is 2. The van der Waals surface area contributed by atoms with Gasteiger partial charge in [-0.25, -0.2) is 18.2 Å². The molecular formula is C21H27N3O5S2. The number of nitrogens with one attached hydrogen (secondary N) is 1. The van der Waals surface area contributed by atoms with Crippen LogP contribution in [0, 0.1) is 13.8 Å². The predicted octanol–water partition coefficient (Wildman–Crippen LogP) is 3.35. The molecule has 1 fully saturated rings. The maximum Gasteiger partial charge on any atom is 0.339 e. The van der Waals surface area contributed by atoms with Crippen molar-refractivity contribution in [2.24, 2.45) is 0 Å². The van der Waals surface area contributed by atoms with Crippen molar-refractivity contribution < 1.29 is 22.7 Å². The second kappa shape index (κ2) is 9.54. The van der Waals surface area contributed by atoms with Crippen molar-refractivity contribution >= 4 is 33.5 Å². The van der Waals surface area contributed by atoms with E-state index in [0.29, 0.717) is 40.6 Å². The highest BCUT2D eigenvalue weighted by Gasteiger charge is 2.28. The Hall–Kier alpha value is -2.17. The molecule has 8 nitrogen and oxygen atoms in total. The number of sulfonamides is 1. The van der Waals surface area contributed by atoms with Crippen LogP contribution in [-0.2, 0) is 14.8 Å². The van der Waals surface area contributed by atoms with Crippen molar-refractivity contribution in [2.45, 2.75) is 55.2 Å². The SMILES string of the molecule is COC(=O)c1c(C)[nH]c(C(=O)C(C)Sc2ccc(S(=O)(=O)N3CCCCC3)cn2)c1C. The minimum atomic E-state index is -3.54. The fourth-order valence-electron chi connectivity index (χ4n) is 3.69. The number of rotatable bonds is 7. The number of esters is 1. The molecule has 1 saturated heterocycles. The van der Waals surface area contributed by atoms with E-state index >= 15 is 0 Å². The molecule has 1 aliphatic heterocycles. The minimum absolute atomic E-state index is 0.163. The normalized spacial score (nSPS) is 16.1. The number of piperidine rings is 1. The predicted molar refractivity (Wildman–Crippen MR) is 118 cm³/mol. The summed E-state index contributed by atoms with van der Waals surface area (Å²) in [5.74, 6) is -0.662. The van der Waals surface area contributed by atoms with Crippen LogP contribution in [0.4, 0.5) is 0 Å². The van der Waals surface area contributed by atoms with Gasteiger partial charge in [0, 0.05) is 25.0 Å². The molecule has 31 heavy (non-hydrogen) atoms. The van der Waals surface area contributed by atoms with Gasteiger partial charge in [-0.3, -0.25) is 4.79 Å². The average Bonchev–Trinajstić information content (AvgIpc) is 3.07. The molecule has 0 bridgehead atoms. The van der Waals surface area contributed by atoms with Crippen molar-refractivity contribution in [1.82, 2.24) is 14.3 Å². The van der Waals surface area contributed by atoms with E-state index in [1.807, 2.05) is 0 Å². The van der Waals surface area contributed by atoms with Gasteiger partial charge in [-0.2, -0.15) is 4.31 Å². The minimum Gasteiger partial charge on any atom is -0.465 e. The number of thioether (sulfide) groups is 1. The molecule has 2 aromatic rings. The van der Waals surface area contributed by atoms with Crippen LogP contribution in [-0.4, -0.2) is 59.9 Å². The molecule has 10 heteroatoms. The van der Waals surface area contributed by atoms with Crippen LogP contribution >= 0.6 is 11.8 Å². The van der Waals surface area contributed by atoms with Crippen LogP contribution in [0.1, 0.15) is 58.3 Å². The summed E-state index contributed by atoms with van der Waals surface area (Å²) in [6.07, 6.45) is 4.14. The molecule has 1 N–H and O–H groups in total. The van der Waals surface area contributed by atoms with Crippen LogP contribution in [0.25, 0.3) is 0 Å². The lowest BCUT2D eigenvalue weighted by Gasteiger charge is -2.25. The number of hydrogen-bond acceptors (Lipinski definition) is 7. The number of aryl methyl sites for hydroxylation is 1. The van der Waals surface area contributed by atoms with E-state index in [2.05, 4.69) is 9.97 Å². The molecule has 3 heterocycles. The molecule has 0 spiro atoms. The zero-order chi connectivity index (χ0) is 22.8. The van der Waals surface area contributed by atoms with E-state index in [4.69, 9.17) is 4.74 Å². The maximum atomic E-state index is 12.9. The molecule has 1 unspecified atom stereocenters. The van der Waals surface area contributed by atoms with Gasteiger partial charge < -0.3 is 9.72 Å². The van der Waals surface area contributed by atoms with Crippen molar-refractivity contribution in [3.63, 3.8) is 0 Å². The second-order valence-corrected chi connectivity index (χ2v) is 10.8. The van der Waals surface area contributed by atoms with Crippen molar-refractivity contribution in [3.8, 4) is 0 Å². The van der Waals surface area contributed by atoms with Crippen LogP contribution < -0.4 is 0 Å². The summed E-state index contributed by atoms with van der Waals surface area (Å²) in [5, 5.41) is 0.0619. The topological polar surface area (TPSA) is 109 Å². The molecule has 1 atom stereocenters. The molecule has 1 aliphatic rings. The van der Waals surface area contributed by atoms with Crippen LogP contribution in [0.2, 0.25) is 0 Å². The summed E-state index contributed by atoms with van der Waals surface area (Å²) in [5.41, 5.74) is 1.86.